The first-order valence-electron chi connectivity index (χ1n) is 15.3. The molecule has 3 aromatic rings. The number of rotatable bonds is 11. The number of carbonyl (C=O) groups is 2. The van der Waals surface area contributed by atoms with E-state index in [0.29, 0.717) is 24.7 Å². The SMILES string of the molecule is CCCOc1ccc([C@H]2C(C(=O)O)[C@@H](c3ccc4c(c3C)OCO4)CN2CC(=O)Nc2c(CC)cc(C)cc2CC)cc1. The number of carbonyl (C=O) groups excluding carboxylic acids is 1. The molecule has 3 atom stereocenters. The molecule has 0 spiro atoms. The van der Waals surface area contributed by atoms with Gasteiger partial charge >= 0.3 is 5.97 Å². The van der Waals surface area contributed by atoms with Gasteiger partial charge in [-0.2, -0.15) is 0 Å². The van der Waals surface area contributed by atoms with E-state index in [1.165, 1.54) is 5.56 Å². The predicted molar refractivity (Wildman–Crippen MR) is 166 cm³/mol. The van der Waals surface area contributed by atoms with Gasteiger partial charge in [0.25, 0.3) is 0 Å². The van der Waals surface area contributed by atoms with Crippen molar-refractivity contribution in [2.75, 3.05) is 31.8 Å². The number of benzene rings is 3. The highest BCUT2D eigenvalue weighted by atomic mass is 16.7. The van der Waals surface area contributed by atoms with Crippen LogP contribution in [0, 0.1) is 19.8 Å². The first-order valence-corrected chi connectivity index (χ1v) is 15.3. The summed E-state index contributed by atoms with van der Waals surface area (Å²) in [6, 6.07) is 15.1. The van der Waals surface area contributed by atoms with E-state index < -0.39 is 17.9 Å². The Balaban J connectivity index is 1.50. The second-order valence-electron chi connectivity index (χ2n) is 11.5. The topological polar surface area (TPSA) is 97.3 Å². The predicted octanol–water partition coefficient (Wildman–Crippen LogP) is 6.43. The van der Waals surface area contributed by atoms with Crippen LogP contribution in [0.4, 0.5) is 5.69 Å². The van der Waals surface area contributed by atoms with Gasteiger partial charge in [-0.1, -0.05) is 56.7 Å². The molecule has 8 nitrogen and oxygen atoms in total. The number of likely N-dealkylation sites (tertiary alicyclic amines) is 1. The number of hydrogen-bond donors (Lipinski definition) is 2. The van der Waals surface area contributed by atoms with Crippen molar-refractivity contribution in [3.63, 3.8) is 0 Å². The summed E-state index contributed by atoms with van der Waals surface area (Å²) in [5, 5.41) is 13.9. The van der Waals surface area contributed by atoms with Gasteiger partial charge in [-0.25, -0.2) is 0 Å². The minimum Gasteiger partial charge on any atom is -0.494 e. The molecule has 43 heavy (non-hydrogen) atoms. The number of anilines is 1. The van der Waals surface area contributed by atoms with E-state index >= 15 is 0 Å². The molecule has 8 heteroatoms. The lowest BCUT2D eigenvalue weighted by atomic mass is 9.81. The third-order valence-electron chi connectivity index (χ3n) is 8.63. The summed E-state index contributed by atoms with van der Waals surface area (Å²) in [6.07, 6.45) is 2.50. The summed E-state index contributed by atoms with van der Waals surface area (Å²) >= 11 is 0. The maximum atomic E-state index is 13.7. The van der Waals surface area contributed by atoms with Crippen LogP contribution in [0.15, 0.2) is 48.5 Å². The van der Waals surface area contributed by atoms with Gasteiger partial charge in [-0.15, -0.1) is 0 Å². The zero-order valence-corrected chi connectivity index (χ0v) is 25.7. The number of fused-ring (bicyclic) bond motifs is 1. The van der Waals surface area contributed by atoms with Crippen LogP contribution in [0.1, 0.15) is 72.5 Å². The minimum atomic E-state index is -0.902. The normalized spacial score (nSPS) is 19.4. The molecule has 3 aromatic carbocycles. The van der Waals surface area contributed by atoms with E-state index in [9.17, 15) is 14.7 Å². The van der Waals surface area contributed by atoms with E-state index in [4.69, 9.17) is 14.2 Å². The van der Waals surface area contributed by atoms with Gasteiger partial charge in [0, 0.05) is 24.2 Å². The molecule has 0 aliphatic carbocycles. The maximum Gasteiger partial charge on any atom is 0.309 e. The Kier molecular flexibility index (Phi) is 9.25. The van der Waals surface area contributed by atoms with Gasteiger partial charge in [-0.3, -0.25) is 14.5 Å². The van der Waals surface area contributed by atoms with Crippen molar-refractivity contribution < 1.29 is 28.9 Å². The van der Waals surface area contributed by atoms with E-state index in [2.05, 4.69) is 45.1 Å². The fraction of sp³-hybridized carbons (Fsp3) is 0.429. The van der Waals surface area contributed by atoms with Gasteiger partial charge in [0.1, 0.15) is 5.75 Å². The fourth-order valence-corrected chi connectivity index (χ4v) is 6.64. The first-order chi connectivity index (χ1) is 20.7. The lowest BCUT2D eigenvalue weighted by Crippen LogP contribution is -2.35. The quantitative estimate of drug-likeness (QED) is 0.267. The number of hydrogen-bond acceptors (Lipinski definition) is 6. The van der Waals surface area contributed by atoms with Crippen LogP contribution in [0.2, 0.25) is 0 Å². The largest absolute Gasteiger partial charge is 0.494 e. The Bertz CT molecular complexity index is 1460. The zero-order valence-electron chi connectivity index (χ0n) is 25.7. The number of aliphatic carboxylic acids is 1. The van der Waals surface area contributed by atoms with Crippen molar-refractivity contribution in [2.24, 2.45) is 5.92 Å². The first kappa shape index (κ1) is 30.4. The smallest absolute Gasteiger partial charge is 0.309 e. The fourth-order valence-electron chi connectivity index (χ4n) is 6.64. The number of nitrogens with zero attached hydrogens (tertiary/aromatic N) is 1. The Morgan fingerprint density at radius 2 is 1.70 bits per heavy atom. The van der Waals surface area contributed by atoms with Crippen LogP contribution in [0.25, 0.3) is 0 Å². The Labute approximate surface area is 254 Å². The lowest BCUT2D eigenvalue weighted by molar-refractivity contribution is -0.143. The van der Waals surface area contributed by atoms with Crippen LogP contribution < -0.4 is 19.5 Å². The highest BCUT2D eigenvalue weighted by molar-refractivity contribution is 5.94. The molecule has 2 heterocycles. The van der Waals surface area contributed by atoms with Crippen LogP contribution in [0.3, 0.4) is 0 Å². The van der Waals surface area contributed by atoms with E-state index in [1.807, 2.05) is 48.2 Å². The van der Waals surface area contributed by atoms with Crippen LogP contribution in [-0.2, 0) is 22.4 Å². The molecule has 2 aliphatic heterocycles. The number of nitrogens with one attached hydrogen (secondary N) is 1. The van der Waals surface area contributed by atoms with Gasteiger partial charge in [-0.05, 0) is 79.1 Å². The van der Waals surface area contributed by atoms with Crippen molar-refractivity contribution in [3.05, 3.63) is 81.9 Å². The molecule has 228 valence electrons. The van der Waals surface area contributed by atoms with Gasteiger partial charge in [0.15, 0.2) is 11.5 Å². The molecular weight excluding hydrogens is 544 g/mol. The molecule has 2 N–H and O–H groups in total. The van der Waals surface area contributed by atoms with E-state index in [1.54, 1.807) is 0 Å². The number of amides is 1. The maximum absolute atomic E-state index is 13.7. The summed E-state index contributed by atoms with van der Waals surface area (Å²) in [7, 11) is 0. The summed E-state index contributed by atoms with van der Waals surface area (Å²) < 4.78 is 17.1. The molecule has 0 radical (unpaired) electrons. The summed E-state index contributed by atoms with van der Waals surface area (Å²) in [5.41, 5.74) is 6.85. The molecule has 0 saturated carbocycles. The van der Waals surface area contributed by atoms with Gasteiger partial charge < -0.3 is 24.6 Å². The van der Waals surface area contributed by atoms with E-state index in [0.717, 1.165) is 58.5 Å². The number of carboxylic acids is 1. The molecule has 5 rings (SSSR count). The Hall–Kier alpha value is -4.04. The Morgan fingerprint density at radius 1 is 1.00 bits per heavy atom. The number of ether oxygens (including phenoxy) is 3. The van der Waals surface area contributed by atoms with Crippen molar-refractivity contribution in [1.82, 2.24) is 4.90 Å². The average molecular weight is 587 g/mol. The standard InChI is InChI=1S/C35H42N2O6/c1-6-15-41-26-11-9-25(10-12-26)33-31(35(39)40)28(27-13-14-29-34(22(27)5)43-20-42-29)18-37(33)19-30(38)36-32-23(7-2)16-21(4)17-24(32)8-3/h9-14,16-17,28,31,33H,6-8,15,18-20H2,1-5H3,(H,36,38)(H,39,40)/t28-,31?,33+/m1/s1. The zero-order chi connectivity index (χ0) is 30.7. The highest BCUT2D eigenvalue weighted by Gasteiger charge is 2.48. The minimum absolute atomic E-state index is 0.0584. The van der Waals surface area contributed by atoms with Gasteiger partial charge in [0.05, 0.1) is 19.1 Å². The Morgan fingerprint density at radius 3 is 2.33 bits per heavy atom. The molecular formula is C35H42N2O6. The molecule has 1 amide bonds. The van der Waals surface area contributed by atoms with Crippen molar-refractivity contribution in [2.45, 2.75) is 65.8 Å². The number of aryl methyl sites for hydroxylation is 3. The molecule has 1 unspecified atom stereocenters. The third-order valence-corrected chi connectivity index (χ3v) is 8.63. The highest BCUT2D eigenvalue weighted by Crippen LogP contribution is 2.49. The molecule has 0 aromatic heterocycles. The second kappa shape index (κ2) is 13.1. The average Bonchev–Trinajstić information content (AvgIpc) is 3.63. The van der Waals surface area contributed by atoms with Crippen molar-refractivity contribution in [1.29, 1.82) is 0 Å². The second-order valence-corrected chi connectivity index (χ2v) is 11.5. The number of carboxylic acid groups (broad SMARTS) is 1. The monoisotopic (exact) mass is 586 g/mol. The molecule has 1 fully saturated rings. The van der Waals surface area contributed by atoms with Crippen LogP contribution in [-0.4, -0.2) is 48.4 Å². The summed E-state index contributed by atoms with van der Waals surface area (Å²) in [4.78, 5) is 28.8. The third kappa shape index (κ3) is 6.20. The van der Waals surface area contributed by atoms with Crippen LogP contribution >= 0.6 is 0 Å². The lowest BCUT2D eigenvalue weighted by Gasteiger charge is -2.27. The molecule has 2 aliphatic rings. The van der Waals surface area contributed by atoms with Crippen molar-refractivity contribution >= 4 is 17.6 Å². The molecule has 1 saturated heterocycles. The van der Waals surface area contributed by atoms with E-state index in [-0.39, 0.29) is 25.2 Å². The summed E-state index contributed by atoms with van der Waals surface area (Å²) in [6.45, 7) is 11.5. The summed E-state index contributed by atoms with van der Waals surface area (Å²) in [5.74, 6) is -0.150. The van der Waals surface area contributed by atoms with Crippen LogP contribution in [0.5, 0.6) is 17.2 Å². The molecule has 0 bridgehead atoms. The van der Waals surface area contributed by atoms with Gasteiger partial charge in [0.2, 0.25) is 12.7 Å². The van der Waals surface area contributed by atoms with Crippen molar-refractivity contribution in [3.8, 4) is 17.2 Å².